The maximum Gasteiger partial charge on any atom is 0.257 e. The van der Waals surface area contributed by atoms with Crippen molar-refractivity contribution >= 4 is 28.2 Å². The molecule has 27 heavy (non-hydrogen) atoms. The molecule has 1 aromatic heterocycles. The lowest BCUT2D eigenvalue weighted by molar-refractivity contribution is 0.0683. The SMILES string of the molecule is Cc1ccccc1C(=O)Nc1sc2c(c1C(=O)N1CCCC(C)C1)CCC2. The number of nitrogens with one attached hydrogen (secondary N) is 1. The summed E-state index contributed by atoms with van der Waals surface area (Å²) in [6.45, 7) is 5.77. The van der Waals surface area contributed by atoms with E-state index in [1.54, 1.807) is 11.3 Å². The van der Waals surface area contributed by atoms with Crippen molar-refractivity contribution < 1.29 is 9.59 Å². The van der Waals surface area contributed by atoms with Gasteiger partial charge in [0.15, 0.2) is 0 Å². The van der Waals surface area contributed by atoms with Gasteiger partial charge >= 0.3 is 0 Å². The molecular formula is C22H26N2O2S. The summed E-state index contributed by atoms with van der Waals surface area (Å²) >= 11 is 1.59. The van der Waals surface area contributed by atoms with Crippen LogP contribution in [0.1, 0.15) is 62.9 Å². The fourth-order valence-corrected chi connectivity index (χ4v) is 5.53. The standard InChI is InChI=1S/C22H26N2O2S/c1-14-7-6-12-24(13-14)22(26)19-17-10-5-11-18(17)27-21(19)23-20(25)16-9-4-3-8-15(16)2/h3-4,8-9,14H,5-7,10-13H2,1-2H3,(H,23,25). The van der Waals surface area contributed by atoms with E-state index in [2.05, 4.69) is 12.2 Å². The van der Waals surface area contributed by atoms with Crippen LogP contribution in [0.3, 0.4) is 0 Å². The monoisotopic (exact) mass is 382 g/mol. The third-order valence-corrected chi connectivity index (χ3v) is 6.90. The normalized spacial score (nSPS) is 19.0. The third kappa shape index (κ3) is 3.53. The van der Waals surface area contributed by atoms with Crippen LogP contribution in [0, 0.1) is 12.8 Å². The smallest absolute Gasteiger partial charge is 0.257 e. The molecule has 2 aliphatic rings. The number of nitrogens with zero attached hydrogens (tertiary/aromatic N) is 1. The van der Waals surface area contributed by atoms with Gasteiger partial charge in [-0.15, -0.1) is 11.3 Å². The number of hydrogen-bond donors (Lipinski definition) is 1. The number of rotatable bonds is 3. The highest BCUT2D eigenvalue weighted by Gasteiger charge is 2.31. The van der Waals surface area contributed by atoms with Gasteiger partial charge in [0.2, 0.25) is 0 Å². The van der Waals surface area contributed by atoms with E-state index < -0.39 is 0 Å². The predicted molar refractivity (Wildman–Crippen MR) is 110 cm³/mol. The number of carbonyl (C=O) groups excluding carboxylic acids is 2. The summed E-state index contributed by atoms with van der Waals surface area (Å²) in [6.07, 6.45) is 5.30. The van der Waals surface area contributed by atoms with Crippen LogP contribution >= 0.6 is 11.3 Å². The molecule has 4 nitrogen and oxygen atoms in total. The highest BCUT2D eigenvalue weighted by atomic mass is 32.1. The van der Waals surface area contributed by atoms with Gasteiger partial charge in [-0.2, -0.15) is 0 Å². The zero-order valence-electron chi connectivity index (χ0n) is 16.0. The van der Waals surface area contributed by atoms with Gasteiger partial charge in [0.05, 0.1) is 5.56 Å². The molecule has 1 fully saturated rings. The topological polar surface area (TPSA) is 49.4 Å². The molecule has 0 bridgehead atoms. The molecule has 0 saturated carbocycles. The Labute approximate surface area is 164 Å². The van der Waals surface area contributed by atoms with E-state index in [1.165, 1.54) is 16.9 Å². The largest absolute Gasteiger partial charge is 0.338 e. The Morgan fingerprint density at radius 1 is 1.19 bits per heavy atom. The number of benzene rings is 1. The summed E-state index contributed by atoms with van der Waals surface area (Å²) in [4.78, 5) is 29.4. The van der Waals surface area contributed by atoms with Crippen LogP contribution in [0.4, 0.5) is 5.00 Å². The lowest BCUT2D eigenvalue weighted by Crippen LogP contribution is -2.39. The molecule has 2 heterocycles. The van der Waals surface area contributed by atoms with Crippen molar-refractivity contribution in [1.29, 1.82) is 0 Å². The van der Waals surface area contributed by atoms with E-state index in [-0.39, 0.29) is 11.8 Å². The molecule has 1 unspecified atom stereocenters. The predicted octanol–water partition coefficient (Wildman–Crippen LogP) is 4.67. The maximum absolute atomic E-state index is 13.4. The Morgan fingerprint density at radius 2 is 2.00 bits per heavy atom. The van der Waals surface area contributed by atoms with Gasteiger partial charge in [-0.05, 0) is 62.1 Å². The molecule has 142 valence electrons. The Bertz CT molecular complexity index is 886. The maximum atomic E-state index is 13.4. The summed E-state index contributed by atoms with van der Waals surface area (Å²) in [7, 11) is 0. The van der Waals surface area contributed by atoms with Crippen molar-refractivity contribution in [3.63, 3.8) is 0 Å². The molecule has 1 atom stereocenters. The first-order chi connectivity index (χ1) is 13.0. The van der Waals surface area contributed by atoms with E-state index in [1.807, 2.05) is 36.1 Å². The summed E-state index contributed by atoms with van der Waals surface area (Å²) < 4.78 is 0. The quantitative estimate of drug-likeness (QED) is 0.839. The number of amides is 2. The average Bonchev–Trinajstić information content (AvgIpc) is 3.22. The Kier molecular flexibility index (Phi) is 5.04. The molecule has 0 radical (unpaired) electrons. The van der Waals surface area contributed by atoms with E-state index in [4.69, 9.17) is 0 Å². The fourth-order valence-electron chi connectivity index (χ4n) is 4.25. The molecule has 2 aromatic rings. The van der Waals surface area contributed by atoms with Gasteiger partial charge in [0, 0.05) is 23.5 Å². The van der Waals surface area contributed by atoms with Crippen LogP contribution in [0.5, 0.6) is 0 Å². The van der Waals surface area contributed by atoms with Gasteiger partial charge in [0.1, 0.15) is 5.00 Å². The highest BCUT2D eigenvalue weighted by Crippen LogP contribution is 2.40. The molecule has 2 amide bonds. The van der Waals surface area contributed by atoms with Crippen molar-refractivity contribution in [2.45, 2.75) is 46.0 Å². The second-order valence-electron chi connectivity index (χ2n) is 7.83. The lowest BCUT2D eigenvalue weighted by atomic mass is 9.99. The summed E-state index contributed by atoms with van der Waals surface area (Å²) in [5.74, 6) is 0.509. The summed E-state index contributed by atoms with van der Waals surface area (Å²) in [5.41, 5.74) is 3.53. The third-order valence-electron chi connectivity index (χ3n) is 5.70. The summed E-state index contributed by atoms with van der Waals surface area (Å²) in [6, 6.07) is 7.57. The Hall–Kier alpha value is -2.14. The minimum absolute atomic E-state index is 0.0982. The van der Waals surface area contributed by atoms with Gasteiger partial charge in [-0.25, -0.2) is 0 Å². The number of thiophene rings is 1. The van der Waals surface area contributed by atoms with Crippen LogP contribution < -0.4 is 5.32 Å². The first-order valence-corrected chi connectivity index (χ1v) is 10.7. The Balaban J connectivity index is 1.65. The van der Waals surface area contributed by atoms with Crippen LogP contribution in [-0.2, 0) is 12.8 Å². The molecule has 1 aliphatic heterocycles. The van der Waals surface area contributed by atoms with E-state index in [0.29, 0.717) is 11.5 Å². The number of fused-ring (bicyclic) bond motifs is 1. The lowest BCUT2D eigenvalue weighted by Gasteiger charge is -2.31. The number of likely N-dealkylation sites (tertiary alicyclic amines) is 1. The fraction of sp³-hybridized carbons (Fsp3) is 0.455. The second kappa shape index (κ2) is 7.47. The van der Waals surface area contributed by atoms with Gasteiger partial charge < -0.3 is 10.2 Å². The van der Waals surface area contributed by atoms with E-state index >= 15 is 0 Å². The van der Waals surface area contributed by atoms with E-state index in [9.17, 15) is 9.59 Å². The van der Waals surface area contributed by atoms with Gasteiger partial charge in [-0.1, -0.05) is 25.1 Å². The van der Waals surface area contributed by atoms with Crippen LogP contribution in [-0.4, -0.2) is 29.8 Å². The highest BCUT2D eigenvalue weighted by molar-refractivity contribution is 7.17. The molecule has 4 rings (SSSR count). The zero-order valence-corrected chi connectivity index (χ0v) is 16.8. The summed E-state index contributed by atoms with van der Waals surface area (Å²) in [5, 5.41) is 3.79. The van der Waals surface area contributed by atoms with Crippen molar-refractivity contribution in [1.82, 2.24) is 4.90 Å². The molecule has 1 saturated heterocycles. The van der Waals surface area contributed by atoms with Gasteiger partial charge in [0.25, 0.3) is 11.8 Å². The molecule has 1 aliphatic carbocycles. The number of carbonyl (C=O) groups is 2. The van der Waals surface area contributed by atoms with E-state index in [0.717, 1.165) is 54.9 Å². The first kappa shape index (κ1) is 18.2. The molecule has 1 aromatic carbocycles. The minimum atomic E-state index is -0.130. The molecule has 5 heteroatoms. The first-order valence-electron chi connectivity index (χ1n) is 9.85. The van der Waals surface area contributed by atoms with Crippen molar-refractivity contribution in [3.05, 3.63) is 51.4 Å². The second-order valence-corrected chi connectivity index (χ2v) is 8.93. The van der Waals surface area contributed by atoms with Gasteiger partial charge in [-0.3, -0.25) is 9.59 Å². The van der Waals surface area contributed by atoms with Crippen molar-refractivity contribution in [3.8, 4) is 0 Å². The van der Waals surface area contributed by atoms with Crippen LogP contribution in [0.2, 0.25) is 0 Å². The van der Waals surface area contributed by atoms with Crippen molar-refractivity contribution in [2.24, 2.45) is 5.92 Å². The Morgan fingerprint density at radius 3 is 2.78 bits per heavy atom. The zero-order chi connectivity index (χ0) is 19.0. The minimum Gasteiger partial charge on any atom is -0.338 e. The molecule has 0 spiro atoms. The number of hydrogen-bond acceptors (Lipinski definition) is 3. The molecule has 1 N–H and O–H groups in total. The van der Waals surface area contributed by atoms with Crippen LogP contribution in [0.15, 0.2) is 24.3 Å². The molecular weight excluding hydrogens is 356 g/mol. The number of piperidine rings is 1. The van der Waals surface area contributed by atoms with Crippen molar-refractivity contribution in [2.75, 3.05) is 18.4 Å². The number of aryl methyl sites for hydroxylation is 2. The van der Waals surface area contributed by atoms with Crippen LogP contribution in [0.25, 0.3) is 0 Å². The number of anilines is 1. The average molecular weight is 383 g/mol.